The van der Waals surface area contributed by atoms with E-state index in [-0.39, 0.29) is 17.6 Å². The molecule has 1 aliphatic heterocycles. The zero-order chi connectivity index (χ0) is 26.8. The van der Waals surface area contributed by atoms with E-state index in [0.29, 0.717) is 60.5 Å². The number of benzene rings is 1. The second-order valence-corrected chi connectivity index (χ2v) is 9.89. The van der Waals surface area contributed by atoms with Gasteiger partial charge in [-0.2, -0.15) is 10.4 Å². The Balaban J connectivity index is 1.16. The zero-order valence-electron chi connectivity index (χ0n) is 21.3. The number of hydrogen-bond donors (Lipinski definition) is 1. The third-order valence-corrected chi connectivity index (χ3v) is 7.37. The molecular formula is C29H27N7O3. The fourth-order valence-corrected chi connectivity index (χ4v) is 4.93. The molecule has 2 fully saturated rings. The van der Waals surface area contributed by atoms with Crippen molar-refractivity contribution >= 4 is 22.5 Å². The molecule has 1 N–H and O–H groups in total. The van der Waals surface area contributed by atoms with Gasteiger partial charge >= 0.3 is 0 Å². The molecule has 4 heterocycles. The van der Waals surface area contributed by atoms with E-state index in [1.54, 1.807) is 36.7 Å². The van der Waals surface area contributed by atoms with Crippen LogP contribution in [0, 0.1) is 11.3 Å². The summed E-state index contributed by atoms with van der Waals surface area (Å²) in [6, 6.07) is 14.7. The average Bonchev–Trinajstić information content (AvgIpc) is 2.96. The molecule has 1 saturated carbocycles. The summed E-state index contributed by atoms with van der Waals surface area (Å²) in [5.41, 5.74) is 2.19. The summed E-state index contributed by atoms with van der Waals surface area (Å²) < 4.78 is 6.04. The molecule has 39 heavy (non-hydrogen) atoms. The van der Waals surface area contributed by atoms with Gasteiger partial charge in [-0.3, -0.25) is 14.6 Å². The first-order valence-corrected chi connectivity index (χ1v) is 13.1. The maximum atomic E-state index is 13.3. The molecule has 196 valence electrons. The normalized spacial score (nSPS) is 15.6. The Morgan fingerprint density at radius 3 is 2.62 bits per heavy atom. The SMILES string of the molecule is N#Cc1ccc(N2CCN(C(=O)c3ccnc(Cc4n[nH]c(=O)c5ccc(OC6CCC6)cc45)c3)CC2)nc1. The lowest BCUT2D eigenvalue weighted by Crippen LogP contribution is -2.49. The Kier molecular flexibility index (Phi) is 6.63. The molecule has 3 aromatic heterocycles. The standard InChI is InChI=1S/C29H27N7O3/c30-17-19-4-7-27(32-18-19)35-10-12-36(13-11-35)29(38)20-8-9-31-21(14-20)15-26-25-16-23(39-22-2-1-3-22)5-6-24(25)28(37)34-33-26/h4-9,14,16,18,22H,1-3,10-13,15H2,(H,34,37). The van der Waals surface area contributed by atoms with Crippen molar-refractivity contribution in [1.29, 1.82) is 5.26 Å². The molecular weight excluding hydrogens is 494 g/mol. The number of nitrogens with zero attached hydrogens (tertiary/aromatic N) is 6. The number of anilines is 1. The van der Waals surface area contributed by atoms with Gasteiger partial charge in [0.15, 0.2) is 0 Å². The van der Waals surface area contributed by atoms with Gasteiger partial charge in [0.25, 0.3) is 11.5 Å². The molecule has 1 aliphatic carbocycles. The van der Waals surface area contributed by atoms with E-state index in [2.05, 4.69) is 31.1 Å². The quantitative estimate of drug-likeness (QED) is 0.410. The van der Waals surface area contributed by atoms with Crippen molar-refractivity contribution in [2.24, 2.45) is 0 Å². The minimum absolute atomic E-state index is 0.0541. The van der Waals surface area contributed by atoms with Crippen LogP contribution in [0.25, 0.3) is 10.8 Å². The van der Waals surface area contributed by atoms with Gasteiger partial charge in [0, 0.05) is 61.6 Å². The average molecular weight is 522 g/mol. The molecule has 10 nitrogen and oxygen atoms in total. The number of ether oxygens (including phenoxy) is 1. The summed E-state index contributed by atoms with van der Waals surface area (Å²) in [4.78, 5) is 38.5. The summed E-state index contributed by atoms with van der Waals surface area (Å²) >= 11 is 0. The highest BCUT2D eigenvalue weighted by Crippen LogP contribution is 2.28. The van der Waals surface area contributed by atoms with Crippen molar-refractivity contribution in [1.82, 2.24) is 25.1 Å². The van der Waals surface area contributed by atoms with Crippen molar-refractivity contribution in [2.75, 3.05) is 31.1 Å². The fraction of sp³-hybridized carbons (Fsp3) is 0.310. The molecule has 1 aromatic carbocycles. The number of fused-ring (bicyclic) bond motifs is 1. The lowest BCUT2D eigenvalue weighted by molar-refractivity contribution is 0.0746. The highest BCUT2D eigenvalue weighted by Gasteiger charge is 2.24. The van der Waals surface area contributed by atoms with E-state index in [0.717, 1.165) is 29.8 Å². The number of nitrogens with one attached hydrogen (secondary N) is 1. The minimum Gasteiger partial charge on any atom is -0.490 e. The van der Waals surface area contributed by atoms with Gasteiger partial charge < -0.3 is 14.5 Å². The summed E-state index contributed by atoms with van der Waals surface area (Å²) in [7, 11) is 0. The number of rotatable bonds is 6. The Morgan fingerprint density at radius 2 is 1.90 bits per heavy atom. The molecule has 4 aromatic rings. The molecule has 0 atom stereocenters. The van der Waals surface area contributed by atoms with Gasteiger partial charge in [0.05, 0.1) is 22.7 Å². The number of pyridine rings is 2. The second-order valence-electron chi connectivity index (χ2n) is 9.89. The van der Waals surface area contributed by atoms with Crippen LogP contribution in [0.15, 0.2) is 59.7 Å². The van der Waals surface area contributed by atoms with E-state index in [9.17, 15) is 9.59 Å². The van der Waals surface area contributed by atoms with Crippen molar-refractivity contribution in [3.8, 4) is 11.8 Å². The molecule has 0 unspecified atom stereocenters. The largest absolute Gasteiger partial charge is 0.490 e. The van der Waals surface area contributed by atoms with Crippen LogP contribution in [0.5, 0.6) is 5.75 Å². The third-order valence-electron chi connectivity index (χ3n) is 7.37. The van der Waals surface area contributed by atoms with Crippen LogP contribution in [0.4, 0.5) is 5.82 Å². The minimum atomic E-state index is -0.254. The first-order chi connectivity index (χ1) is 19.1. The number of aromatic amines is 1. The van der Waals surface area contributed by atoms with Crippen LogP contribution in [0.2, 0.25) is 0 Å². The summed E-state index contributed by atoms with van der Waals surface area (Å²) in [5, 5.41) is 17.1. The highest BCUT2D eigenvalue weighted by atomic mass is 16.5. The van der Waals surface area contributed by atoms with E-state index < -0.39 is 0 Å². The monoisotopic (exact) mass is 521 g/mol. The van der Waals surface area contributed by atoms with Crippen molar-refractivity contribution in [2.45, 2.75) is 31.8 Å². The molecule has 1 saturated heterocycles. The maximum absolute atomic E-state index is 13.3. The van der Waals surface area contributed by atoms with Crippen LogP contribution in [-0.4, -0.2) is 63.3 Å². The van der Waals surface area contributed by atoms with E-state index in [1.807, 2.05) is 23.1 Å². The lowest BCUT2D eigenvalue weighted by atomic mass is 9.96. The van der Waals surface area contributed by atoms with E-state index in [1.165, 1.54) is 6.42 Å². The van der Waals surface area contributed by atoms with Crippen LogP contribution in [-0.2, 0) is 6.42 Å². The molecule has 0 bridgehead atoms. The zero-order valence-corrected chi connectivity index (χ0v) is 21.3. The first kappa shape index (κ1) is 24.6. The highest BCUT2D eigenvalue weighted by molar-refractivity contribution is 5.94. The molecule has 0 spiro atoms. The van der Waals surface area contributed by atoms with Gasteiger partial charge in [-0.1, -0.05) is 0 Å². The van der Waals surface area contributed by atoms with E-state index in [4.69, 9.17) is 10.00 Å². The van der Waals surface area contributed by atoms with Crippen LogP contribution in [0.1, 0.15) is 46.6 Å². The molecule has 6 rings (SSSR count). The fourth-order valence-electron chi connectivity index (χ4n) is 4.93. The van der Waals surface area contributed by atoms with E-state index >= 15 is 0 Å². The summed E-state index contributed by atoms with van der Waals surface area (Å²) in [6.45, 7) is 2.43. The maximum Gasteiger partial charge on any atom is 0.272 e. The lowest BCUT2D eigenvalue weighted by Gasteiger charge is -2.35. The predicted molar refractivity (Wildman–Crippen MR) is 145 cm³/mol. The first-order valence-electron chi connectivity index (χ1n) is 13.1. The van der Waals surface area contributed by atoms with Crippen molar-refractivity contribution < 1.29 is 9.53 Å². The van der Waals surface area contributed by atoms with Gasteiger partial charge in [-0.25, -0.2) is 10.1 Å². The predicted octanol–water partition coefficient (Wildman–Crippen LogP) is 3.07. The number of carbonyl (C=O) groups excluding carboxylic acids is 1. The smallest absolute Gasteiger partial charge is 0.272 e. The summed E-state index contributed by atoms with van der Waals surface area (Å²) in [6.07, 6.45) is 7.06. The van der Waals surface area contributed by atoms with Crippen molar-refractivity contribution in [3.05, 3.63) is 87.7 Å². The number of carbonyl (C=O) groups is 1. The number of aromatic nitrogens is 4. The van der Waals surface area contributed by atoms with Crippen LogP contribution >= 0.6 is 0 Å². The third kappa shape index (κ3) is 5.16. The molecule has 10 heteroatoms. The molecule has 2 aliphatic rings. The number of H-pyrrole nitrogens is 1. The number of amides is 1. The van der Waals surface area contributed by atoms with Crippen molar-refractivity contribution in [3.63, 3.8) is 0 Å². The van der Waals surface area contributed by atoms with Gasteiger partial charge in [-0.05, 0) is 61.7 Å². The topological polar surface area (TPSA) is 128 Å². The Bertz CT molecular complexity index is 1620. The molecule has 1 amide bonds. The summed E-state index contributed by atoms with van der Waals surface area (Å²) in [5.74, 6) is 1.48. The number of nitriles is 1. The second kappa shape index (κ2) is 10.5. The van der Waals surface area contributed by atoms with Gasteiger partial charge in [0.1, 0.15) is 17.6 Å². The van der Waals surface area contributed by atoms with Crippen LogP contribution < -0.4 is 15.2 Å². The number of hydrogen-bond acceptors (Lipinski definition) is 8. The molecule has 0 radical (unpaired) electrons. The Labute approximate surface area is 224 Å². The van der Waals surface area contributed by atoms with Gasteiger partial charge in [-0.15, -0.1) is 0 Å². The van der Waals surface area contributed by atoms with Crippen LogP contribution in [0.3, 0.4) is 0 Å². The Morgan fingerprint density at radius 1 is 1.05 bits per heavy atom. The Hall–Kier alpha value is -4.78. The number of piperazine rings is 1. The van der Waals surface area contributed by atoms with Gasteiger partial charge in [0.2, 0.25) is 0 Å².